The van der Waals surface area contributed by atoms with Crippen molar-refractivity contribution in [3.8, 4) is 0 Å². The summed E-state index contributed by atoms with van der Waals surface area (Å²) in [5.74, 6) is 0.285. The van der Waals surface area contributed by atoms with Crippen LogP contribution in [0.2, 0.25) is 0 Å². The van der Waals surface area contributed by atoms with Crippen LogP contribution in [0.15, 0.2) is 48.8 Å². The van der Waals surface area contributed by atoms with E-state index in [0.717, 1.165) is 51.0 Å². The topological polar surface area (TPSA) is 45.2 Å². The quantitative estimate of drug-likeness (QED) is 0.774. The second-order valence-corrected chi connectivity index (χ2v) is 7.27. The highest BCUT2D eigenvalue weighted by atomic mass is 19.4. The Balaban J connectivity index is 1.43. The van der Waals surface area contributed by atoms with Crippen molar-refractivity contribution in [2.24, 2.45) is 5.92 Å². The van der Waals surface area contributed by atoms with Crippen molar-refractivity contribution in [1.82, 2.24) is 9.88 Å². The van der Waals surface area contributed by atoms with Crippen molar-refractivity contribution >= 4 is 11.6 Å². The number of benzene rings is 1. The summed E-state index contributed by atoms with van der Waals surface area (Å²) < 4.78 is 37.7. The molecular formula is C21H24F3N3O. The van der Waals surface area contributed by atoms with Crippen molar-refractivity contribution in [2.45, 2.75) is 38.4 Å². The summed E-state index contributed by atoms with van der Waals surface area (Å²) in [6.45, 7) is 2.85. The van der Waals surface area contributed by atoms with E-state index in [-0.39, 0.29) is 5.91 Å². The van der Waals surface area contributed by atoms with Crippen LogP contribution in [0.3, 0.4) is 0 Å². The van der Waals surface area contributed by atoms with Gasteiger partial charge in [-0.05, 0) is 67.6 Å². The minimum atomic E-state index is -4.37. The van der Waals surface area contributed by atoms with Gasteiger partial charge < -0.3 is 5.32 Å². The number of alkyl halides is 3. The molecular weight excluding hydrogens is 367 g/mol. The predicted molar refractivity (Wildman–Crippen MR) is 102 cm³/mol. The number of anilines is 1. The number of halogens is 3. The van der Waals surface area contributed by atoms with Gasteiger partial charge in [0.2, 0.25) is 5.91 Å². The van der Waals surface area contributed by atoms with E-state index in [9.17, 15) is 18.0 Å². The van der Waals surface area contributed by atoms with Crippen molar-refractivity contribution in [2.75, 3.05) is 18.4 Å². The molecule has 0 unspecified atom stereocenters. The van der Waals surface area contributed by atoms with Crippen LogP contribution in [0, 0.1) is 5.92 Å². The van der Waals surface area contributed by atoms with Gasteiger partial charge in [0.05, 0.1) is 5.56 Å². The van der Waals surface area contributed by atoms with Crippen LogP contribution in [0.5, 0.6) is 0 Å². The van der Waals surface area contributed by atoms with Crippen molar-refractivity contribution < 1.29 is 18.0 Å². The van der Waals surface area contributed by atoms with Gasteiger partial charge in [-0.3, -0.25) is 14.7 Å². The van der Waals surface area contributed by atoms with Gasteiger partial charge in [0.1, 0.15) is 0 Å². The van der Waals surface area contributed by atoms with Gasteiger partial charge in [-0.1, -0.05) is 6.07 Å². The summed E-state index contributed by atoms with van der Waals surface area (Å²) in [5, 5.41) is 2.68. The Morgan fingerprint density at radius 3 is 2.68 bits per heavy atom. The van der Waals surface area contributed by atoms with Gasteiger partial charge in [-0.2, -0.15) is 13.2 Å². The zero-order valence-electron chi connectivity index (χ0n) is 15.6. The maximum atomic E-state index is 12.6. The number of piperidine rings is 1. The third kappa shape index (κ3) is 6.05. The highest BCUT2D eigenvalue weighted by Gasteiger charge is 2.30. The van der Waals surface area contributed by atoms with Gasteiger partial charge >= 0.3 is 6.18 Å². The molecule has 3 rings (SSSR count). The average Bonchev–Trinajstić information content (AvgIpc) is 2.67. The summed E-state index contributed by atoms with van der Waals surface area (Å²) in [6, 6.07) is 8.53. The van der Waals surface area contributed by atoms with E-state index in [2.05, 4.69) is 21.3 Å². The minimum absolute atomic E-state index is 0.163. The van der Waals surface area contributed by atoms with E-state index in [1.165, 1.54) is 17.7 Å². The standard InChI is InChI=1S/C21H24F3N3O/c22-21(23,24)18-6-8-19(9-7-18)26-20(28)10-5-16-4-2-12-27(14-16)15-17-3-1-11-25-13-17/h1,3,6-9,11,13,16H,2,4-5,10,12,14-15H2,(H,26,28)/t16-/m1/s1. The Kier molecular flexibility index (Phi) is 6.67. The summed E-state index contributed by atoms with van der Waals surface area (Å²) in [5.41, 5.74) is 0.851. The monoisotopic (exact) mass is 391 g/mol. The normalized spacial score (nSPS) is 18.0. The number of nitrogens with zero attached hydrogens (tertiary/aromatic N) is 2. The molecule has 1 aliphatic rings. The van der Waals surface area contributed by atoms with Crippen LogP contribution in [0.25, 0.3) is 0 Å². The Labute approximate surface area is 162 Å². The number of aromatic nitrogens is 1. The van der Waals surface area contributed by atoms with Gasteiger partial charge in [0.15, 0.2) is 0 Å². The van der Waals surface area contributed by atoms with E-state index in [1.807, 2.05) is 12.3 Å². The molecule has 150 valence electrons. The first kappa shape index (κ1) is 20.3. The highest BCUT2D eigenvalue weighted by Crippen LogP contribution is 2.30. The molecule has 1 N–H and O–H groups in total. The molecule has 2 aromatic rings. The third-order valence-corrected chi connectivity index (χ3v) is 5.01. The molecule has 1 atom stereocenters. The number of carbonyl (C=O) groups is 1. The highest BCUT2D eigenvalue weighted by molar-refractivity contribution is 5.90. The summed E-state index contributed by atoms with van der Waals surface area (Å²) in [7, 11) is 0. The second kappa shape index (κ2) is 9.19. The molecule has 7 heteroatoms. The van der Waals surface area contributed by atoms with E-state index in [1.54, 1.807) is 6.20 Å². The van der Waals surface area contributed by atoms with Gasteiger partial charge in [0.25, 0.3) is 0 Å². The van der Waals surface area contributed by atoms with Crippen molar-refractivity contribution in [3.05, 3.63) is 59.9 Å². The minimum Gasteiger partial charge on any atom is -0.326 e. The summed E-state index contributed by atoms with van der Waals surface area (Å²) in [4.78, 5) is 18.7. The van der Waals surface area contributed by atoms with E-state index < -0.39 is 11.7 Å². The SMILES string of the molecule is O=C(CC[C@H]1CCCN(Cc2cccnc2)C1)Nc1ccc(C(F)(F)F)cc1. The number of hydrogen-bond donors (Lipinski definition) is 1. The summed E-state index contributed by atoms with van der Waals surface area (Å²) in [6.07, 6.45) is 2.61. The zero-order valence-corrected chi connectivity index (χ0v) is 15.6. The number of amides is 1. The fourth-order valence-corrected chi connectivity index (χ4v) is 3.58. The zero-order chi connectivity index (χ0) is 20.0. The second-order valence-electron chi connectivity index (χ2n) is 7.27. The molecule has 0 aliphatic carbocycles. The van der Waals surface area contributed by atoms with Crippen LogP contribution in [0.1, 0.15) is 36.8 Å². The Morgan fingerprint density at radius 2 is 2.00 bits per heavy atom. The van der Waals surface area contributed by atoms with Gasteiger partial charge in [-0.25, -0.2) is 0 Å². The molecule has 1 amide bonds. The number of carbonyl (C=O) groups excluding carboxylic acids is 1. The Hall–Kier alpha value is -2.41. The number of nitrogens with one attached hydrogen (secondary N) is 1. The number of hydrogen-bond acceptors (Lipinski definition) is 3. The molecule has 1 aromatic carbocycles. The first-order valence-corrected chi connectivity index (χ1v) is 9.48. The Bertz CT molecular complexity index is 763. The maximum absolute atomic E-state index is 12.6. The smallest absolute Gasteiger partial charge is 0.326 e. The molecule has 0 bridgehead atoms. The first-order valence-electron chi connectivity index (χ1n) is 9.48. The van der Waals surface area contributed by atoms with E-state index >= 15 is 0 Å². The lowest BCUT2D eigenvalue weighted by molar-refractivity contribution is -0.137. The molecule has 28 heavy (non-hydrogen) atoms. The molecule has 1 aromatic heterocycles. The van der Waals surface area contributed by atoms with Crippen molar-refractivity contribution in [1.29, 1.82) is 0 Å². The maximum Gasteiger partial charge on any atom is 0.416 e. The predicted octanol–water partition coefficient (Wildman–Crippen LogP) is 4.73. The van der Waals surface area contributed by atoms with Gasteiger partial charge in [0, 0.05) is 37.6 Å². The van der Waals surface area contributed by atoms with E-state index in [4.69, 9.17) is 0 Å². The molecule has 1 aliphatic heterocycles. The fraction of sp³-hybridized carbons (Fsp3) is 0.429. The molecule has 0 spiro atoms. The molecule has 0 saturated carbocycles. The van der Waals surface area contributed by atoms with Crippen LogP contribution in [0.4, 0.5) is 18.9 Å². The molecule has 2 heterocycles. The number of rotatable bonds is 6. The lowest BCUT2D eigenvalue weighted by Crippen LogP contribution is -2.35. The lowest BCUT2D eigenvalue weighted by atomic mass is 9.93. The molecule has 1 fully saturated rings. The fourth-order valence-electron chi connectivity index (χ4n) is 3.58. The van der Waals surface area contributed by atoms with Crippen LogP contribution >= 0.6 is 0 Å². The van der Waals surface area contributed by atoms with Gasteiger partial charge in [-0.15, -0.1) is 0 Å². The molecule has 4 nitrogen and oxygen atoms in total. The molecule has 0 radical (unpaired) electrons. The van der Waals surface area contributed by atoms with Crippen molar-refractivity contribution in [3.63, 3.8) is 0 Å². The van der Waals surface area contributed by atoms with E-state index in [0.29, 0.717) is 18.0 Å². The number of pyridine rings is 1. The molecule has 1 saturated heterocycles. The number of likely N-dealkylation sites (tertiary alicyclic amines) is 1. The van der Waals surface area contributed by atoms with Crippen LogP contribution in [-0.4, -0.2) is 28.9 Å². The van der Waals surface area contributed by atoms with Crippen LogP contribution in [-0.2, 0) is 17.5 Å². The lowest BCUT2D eigenvalue weighted by Gasteiger charge is -2.32. The Morgan fingerprint density at radius 1 is 1.21 bits per heavy atom. The largest absolute Gasteiger partial charge is 0.416 e. The first-order chi connectivity index (χ1) is 13.4. The average molecular weight is 391 g/mol. The van der Waals surface area contributed by atoms with Crippen LogP contribution < -0.4 is 5.32 Å². The third-order valence-electron chi connectivity index (χ3n) is 5.01. The summed E-state index contributed by atoms with van der Waals surface area (Å²) >= 11 is 0.